The fourth-order valence-corrected chi connectivity index (χ4v) is 3.10. The van der Waals surface area contributed by atoms with Gasteiger partial charge in [-0.05, 0) is 31.7 Å². The molecule has 0 saturated carbocycles. The number of benzene rings is 1. The first-order chi connectivity index (χ1) is 11.5. The van der Waals surface area contributed by atoms with Crippen molar-refractivity contribution in [1.82, 2.24) is 14.5 Å². The van der Waals surface area contributed by atoms with E-state index in [1.54, 1.807) is 11.8 Å². The van der Waals surface area contributed by atoms with Crippen LogP contribution in [0.1, 0.15) is 26.1 Å². The average Bonchev–Trinajstić information content (AvgIpc) is 2.89. The maximum atomic E-state index is 12.8. The molecule has 1 unspecified atom stereocenters. The first-order valence-electron chi connectivity index (χ1n) is 7.92. The second kappa shape index (κ2) is 8.19. The van der Waals surface area contributed by atoms with Crippen molar-refractivity contribution in [2.45, 2.75) is 38.6 Å². The third kappa shape index (κ3) is 4.08. The van der Waals surface area contributed by atoms with Crippen LogP contribution < -0.4 is 0 Å². The van der Waals surface area contributed by atoms with Gasteiger partial charge in [0, 0.05) is 6.04 Å². The van der Waals surface area contributed by atoms with Gasteiger partial charge in [0.15, 0.2) is 0 Å². The molecule has 1 heterocycles. The van der Waals surface area contributed by atoms with Crippen LogP contribution in [0.4, 0.5) is 0 Å². The van der Waals surface area contributed by atoms with Gasteiger partial charge in [-0.25, -0.2) is 4.98 Å². The number of para-hydroxylation sites is 2. The molecule has 0 saturated heterocycles. The van der Waals surface area contributed by atoms with Gasteiger partial charge in [0.2, 0.25) is 5.91 Å². The Bertz CT molecular complexity index is 729. The molecule has 130 valence electrons. The summed E-state index contributed by atoms with van der Waals surface area (Å²) in [5.41, 5.74) is 1.75. The molecule has 1 aromatic carbocycles. The number of imidazole rings is 1. The molecule has 2 rings (SSSR count). The lowest BCUT2D eigenvalue weighted by Gasteiger charge is -2.27. The van der Waals surface area contributed by atoms with Crippen LogP contribution >= 0.6 is 11.8 Å². The molecule has 7 heteroatoms. The van der Waals surface area contributed by atoms with Gasteiger partial charge in [-0.15, -0.1) is 0 Å². The molecule has 0 bridgehead atoms. The van der Waals surface area contributed by atoms with Gasteiger partial charge in [-0.3, -0.25) is 9.59 Å². The van der Waals surface area contributed by atoms with E-state index in [4.69, 9.17) is 5.11 Å². The molecule has 2 aromatic rings. The highest BCUT2D eigenvalue weighted by Crippen LogP contribution is 2.19. The van der Waals surface area contributed by atoms with Gasteiger partial charge in [0.05, 0.1) is 16.8 Å². The number of carboxylic acid groups (broad SMARTS) is 1. The van der Waals surface area contributed by atoms with Crippen LogP contribution in [-0.2, 0) is 21.9 Å². The largest absolute Gasteiger partial charge is 0.480 e. The highest BCUT2D eigenvalue weighted by Gasteiger charge is 2.23. The number of hydrogen-bond donors (Lipinski definition) is 1. The van der Waals surface area contributed by atoms with Gasteiger partial charge in [0.25, 0.3) is 0 Å². The number of carboxylic acids is 1. The maximum absolute atomic E-state index is 12.8. The smallest absolute Gasteiger partial charge is 0.323 e. The Balaban J connectivity index is 2.33. The topological polar surface area (TPSA) is 75.4 Å². The summed E-state index contributed by atoms with van der Waals surface area (Å²) in [6.45, 7) is 3.64. The molecule has 1 N–H and O–H groups in total. The minimum Gasteiger partial charge on any atom is -0.480 e. The molecule has 1 amide bonds. The number of nitrogens with zero attached hydrogens (tertiary/aromatic N) is 3. The lowest BCUT2D eigenvalue weighted by atomic mass is 10.2. The van der Waals surface area contributed by atoms with E-state index in [0.717, 1.165) is 16.9 Å². The predicted molar refractivity (Wildman–Crippen MR) is 96.1 cm³/mol. The Morgan fingerprint density at radius 3 is 2.71 bits per heavy atom. The molecule has 0 spiro atoms. The van der Waals surface area contributed by atoms with Gasteiger partial charge in [-0.1, -0.05) is 19.1 Å². The molecule has 0 radical (unpaired) electrons. The lowest BCUT2D eigenvalue weighted by molar-refractivity contribution is -0.146. The molecular formula is C17H23N3O3S. The predicted octanol–water partition coefficient (Wildman–Crippen LogP) is 2.61. The molecule has 24 heavy (non-hydrogen) atoms. The summed E-state index contributed by atoms with van der Waals surface area (Å²) < 4.78 is 1.89. The first-order valence-corrected chi connectivity index (χ1v) is 9.31. The number of carbonyl (C=O) groups is 2. The SMILES string of the molecule is CCC(C)N(CC(=O)O)C(=O)Cn1c(CSC)nc2ccccc21. The summed E-state index contributed by atoms with van der Waals surface area (Å²) in [6.07, 6.45) is 2.70. The molecular weight excluding hydrogens is 326 g/mol. The van der Waals surface area contributed by atoms with E-state index in [2.05, 4.69) is 4.98 Å². The van der Waals surface area contributed by atoms with E-state index in [-0.39, 0.29) is 25.0 Å². The number of rotatable bonds is 8. The Morgan fingerprint density at radius 1 is 1.38 bits per heavy atom. The maximum Gasteiger partial charge on any atom is 0.323 e. The van der Waals surface area contributed by atoms with Crippen molar-refractivity contribution in [3.63, 3.8) is 0 Å². The minimum atomic E-state index is -0.997. The van der Waals surface area contributed by atoms with Crippen LogP contribution in [0.5, 0.6) is 0 Å². The van der Waals surface area contributed by atoms with Gasteiger partial charge < -0.3 is 14.6 Å². The fraction of sp³-hybridized carbons (Fsp3) is 0.471. The van der Waals surface area contributed by atoms with Gasteiger partial charge in [0.1, 0.15) is 18.9 Å². The van der Waals surface area contributed by atoms with E-state index < -0.39 is 5.97 Å². The van der Waals surface area contributed by atoms with Crippen LogP contribution in [-0.4, -0.2) is 50.3 Å². The van der Waals surface area contributed by atoms with Crippen molar-refractivity contribution in [1.29, 1.82) is 0 Å². The highest BCUT2D eigenvalue weighted by atomic mass is 32.2. The van der Waals surface area contributed by atoms with E-state index in [1.165, 1.54) is 4.90 Å². The van der Waals surface area contributed by atoms with E-state index in [9.17, 15) is 9.59 Å². The fourth-order valence-electron chi connectivity index (χ4n) is 2.62. The van der Waals surface area contributed by atoms with Crippen molar-refractivity contribution in [2.75, 3.05) is 12.8 Å². The molecule has 0 aliphatic heterocycles. The van der Waals surface area contributed by atoms with Gasteiger partial charge in [-0.2, -0.15) is 11.8 Å². The standard InChI is InChI=1S/C17H23N3O3S/c1-4-12(2)19(10-17(22)23)16(21)9-20-14-8-6-5-7-13(14)18-15(20)11-24-3/h5-8,12H,4,9-11H2,1-3H3,(H,22,23). The number of carbonyl (C=O) groups excluding carboxylic acids is 1. The Labute approximate surface area is 145 Å². The summed E-state index contributed by atoms with van der Waals surface area (Å²) in [5.74, 6) is 0.335. The number of amides is 1. The number of aromatic nitrogens is 2. The third-order valence-electron chi connectivity index (χ3n) is 4.05. The summed E-state index contributed by atoms with van der Waals surface area (Å²) >= 11 is 1.64. The van der Waals surface area contributed by atoms with E-state index >= 15 is 0 Å². The highest BCUT2D eigenvalue weighted by molar-refractivity contribution is 7.97. The van der Waals surface area contributed by atoms with Crippen molar-refractivity contribution >= 4 is 34.7 Å². The first kappa shape index (κ1) is 18.3. The second-order valence-electron chi connectivity index (χ2n) is 5.71. The lowest BCUT2D eigenvalue weighted by Crippen LogP contribution is -2.43. The summed E-state index contributed by atoms with van der Waals surface area (Å²) in [4.78, 5) is 29.9. The number of thioether (sulfide) groups is 1. The molecule has 0 aliphatic carbocycles. The molecule has 1 atom stereocenters. The molecule has 6 nitrogen and oxygen atoms in total. The Morgan fingerprint density at radius 2 is 2.08 bits per heavy atom. The zero-order chi connectivity index (χ0) is 17.7. The summed E-state index contributed by atoms with van der Waals surface area (Å²) in [5, 5.41) is 9.10. The second-order valence-corrected chi connectivity index (χ2v) is 6.57. The summed E-state index contributed by atoms with van der Waals surface area (Å²) in [6, 6.07) is 7.57. The number of hydrogen-bond acceptors (Lipinski definition) is 4. The number of aliphatic carboxylic acids is 1. The van der Waals surface area contributed by atoms with Gasteiger partial charge >= 0.3 is 5.97 Å². The van der Waals surface area contributed by atoms with Crippen LogP contribution in [0.3, 0.4) is 0 Å². The third-order valence-corrected chi connectivity index (χ3v) is 4.60. The molecule has 1 aromatic heterocycles. The normalized spacial score (nSPS) is 12.3. The molecule has 0 fully saturated rings. The quantitative estimate of drug-likeness (QED) is 0.793. The van der Waals surface area contributed by atoms with Crippen molar-refractivity contribution in [2.24, 2.45) is 0 Å². The molecule has 0 aliphatic rings. The van der Waals surface area contributed by atoms with Crippen molar-refractivity contribution in [3.05, 3.63) is 30.1 Å². The van der Waals surface area contributed by atoms with Crippen LogP contribution in [0.2, 0.25) is 0 Å². The number of fused-ring (bicyclic) bond motifs is 1. The average molecular weight is 349 g/mol. The van der Waals surface area contributed by atoms with Crippen LogP contribution in [0, 0.1) is 0 Å². The van der Waals surface area contributed by atoms with E-state index in [0.29, 0.717) is 12.2 Å². The Kier molecular flexibility index (Phi) is 6.25. The summed E-state index contributed by atoms with van der Waals surface area (Å²) in [7, 11) is 0. The zero-order valence-corrected chi connectivity index (χ0v) is 15.0. The minimum absolute atomic E-state index is 0.105. The van der Waals surface area contributed by atoms with E-state index in [1.807, 2.05) is 48.9 Å². The monoisotopic (exact) mass is 349 g/mol. The Hall–Kier alpha value is -2.02. The van der Waals surface area contributed by atoms with Crippen molar-refractivity contribution in [3.8, 4) is 0 Å². The van der Waals surface area contributed by atoms with Crippen molar-refractivity contribution < 1.29 is 14.7 Å². The van der Waals surface area contributed by atoms with Crippen LogP contribution in [0.25, 0.3) is 11.0 Å². The van der Waals surface area contributed by atoms with Crippen LogP contribution in [0.15, 0.2) is 24.3 Å². The zero-order valence-electron chi connectivity index (χ0n) is 14.2.